The van der Waals surface area contributed by atoms with E-state index >= 15 is 0 Å². The Morgan fingerprint density at radius 1 is 1.26 bits per heavy atom. The highest BCUT2D eigenvalue weighted by Gasteiger charge is 2.19. The van der Waals surface area contributed by atoms with E-state index in [0.717, 1.165) is 6.07 Å². The molecule has 0 amide bonds. The smallest absolute Gasteiger partial charge is 0.314 e. The van der Waals surface area contributed by atoms with Gasteiger partial charge >= 0.3 is 5.69 Å². The van der Waals surface area contributed by atoms with Crippen molar-refractivity contribution in [3.05, 3.63) is 56.8 Å². The number of phenols is 1. The minimum absolute atomic E-state index is 0.0436. The summed E-state index contributed by atoms with van der Waals surface area (Å²) in [5, 5.41) is 20.0. The summed E-state index contributed by atoms with van der Waals surface area (Å²) in [7, 11) is 0. The maximum Gasteiger partial charge on any atom is 0.314 e. The fourth-order valence-electron chi connectivity index (χ4n) is 1.38. The summed E-state index contributed by atoms with van der Waals surface area (Å²) in [5.41, 5.74) is -0.478. The number of nitro groups is 1. The summed E-state index contributed by atoms with van der Waals surface area (Å²) in [6.07, 6.45) is 0. The van der Waals surface area contributed by atoms with Gasteiger partial charge in [-0.2, -0.15) is 0 Å². The molecule has 0 heterocycles. The number of nitro benzene ring substituents is 1. The summed E-state index contributed by atoms with van der Waals surface area (Å²) in [5.74, 6) is -0.504. The molecular formula is C12H7BrFNO4. The van der Waals surface area contributed by atoms with E-state index < -0.39 is 16.4 Å². The van der Waals surface area contributed by atoms with Gasteiger partial charge in [0.15, 0.2) is 0 Å². The largest absolute Gasteiger partial charge is 0.508 e. The van der Waals surface area contributed by atoms with Crippen LogP contribution in [0.15, 0.2) is 40.9 Å². The molecule has 98 valence electrons. The van der Waals surface area contributed by atoms with Gasteiger partial charge in [0.05, 0.1) is 15.5 Å². The van der Waals surface area contributed by atoms with E-state index in [1.54, 1.807) is 0 Å². The van der Waals surface area contributed by atoms with Crippen molar-refractivity contribution < 1.29 is 19.2 Å². The normalized spacial score (nSPS) is 10.2. The van der Waals surface area contributed by atoms with Crippen LogP contribution >= 0.6 is 15.9 Å². The van der Waals surface area contributed by atoms with E-state index in [1.807, 2.05) is 0 Å². The van der Waals surface area contributed by atoms with Gasteiger partial charge in [-0.25, -0.2) is 4.39 Å². The van der Waals surface area contributed by atoms with Gasteiger partial charge in [0, 0.05) is 6.07 Å². The van der Waals surface area contributed by atoms with Crippen LogP contribution in [0.25, 0.3) is 0 Å². The lowest BCUT2D eigenvalue weighted by Gasteiger charge is -2.07. The molecule has 1 N–H and O–H groups in total. The molecule has 0 radical (unpaired) electrons. The molecule has 0 fully saturated rings. The molecule has 0 aliphatic rings. The maximum atomic E-state index is 13.3. The van der Waals surface area contributed by atoms with Crippen molar-refractivity contribution >= 4 is 21.6 Å². The summed E-state index contributed by atoms with van der Waals surface area (Å²) in [6, 6.07) is 7.59. The predicted molar refractivity (Wildman–Crippen MR) is 68.9 cm³/mol. The second kappa shape index (κ2) is 5.23. The minimum Gasteiger partial charge on any atom is -0.508 e. The van der Waals surface area contributed by atoms with Crippen LogP contribution in [0.2, 0.25) is 0 Å². The van der Waals surface area contributed by atoms with Crippen molar-refractivity contribution in [2.75, 3.05) is 0 Å². The van der Waals surface area contributed by atoms with Crippen molar-refractivity contribution in [2.24, 2.45) is 0 Å². The minimum atomic E-state index is -0.746. The third kappa shape index (κ3) is 3.00. The number of nitrogens with zero attached hydrogens (tertiary/aromatic N) is 1. The number of rotatable bonds is 3. The second-order valence-electron chi connectivity index (χ2n) is 3.59. The van der Waals surface area contributed by atoms with E-state index in [-0.39, 0.29) is 16.0 Å². The Morgan fingerprint density at radius 2 is 1.89 bits per heavy atom. The van der Waals surface area contributed by atoms with E-state index in [9.17, 15) is 14.5 Å². The average Bonchev–Trinajstić information content (AvgIpc) is 2.36. The summed E-state index contributed by atoms with van der Waals surface area (Å²) in [6.45, 7) is 0. The molecule has 0 unspecified atom stereocenters. The van der Waals surface area contributed by atoms with Crippen molar-refractivity contribution in [1.82, 2.24) is 0 Å². The van der Waals surface area contributed by atoms with Crippen LogP contribution in [-0.2, 0) is 0 Å². The summed E-state index contributed by atoms with van der Waals surface area (Å²) in [4.78, 5) is 10.1. The van der Waals surface area contributed by atoms with Gasteiger partial charge in [-0.15, -0.1) is 0 Å². The average molecular weight is 328 g/mol. The lowest BCUT2D eigenvalue weighted by Crippen LogP contribution is -1.95. The number of hydrogen-bond acceptors (Lipinski definition) is 4. The van der Waals surface area contributed by atoms with Crippen LogP contribution in [0.3, 0.4) is 0 Å². The van der Waals surface area contributed by atoms with Crippen LogP contribution in [0.1, 0.15) is 0 Å². The topological polar surface area (TPSA) is 72.6 Å². The van der Waals surface area contributed by atoms with E-state index in [4.69, 9.17) is 9.84 Å². The van der Waals surface area contributed by atoms with Crippen LogP contribution in [0, 0.1) is 15.9 Å². The van der Waals surface area contributed by atoms with E-state index in [2.05, 4.69) is 15.9 Å². The number of ether oxygens (including phenoxy) is 1. The molecule has 7 heteroatoms. The fraction of sp³-hybridized carbons (Fsp3) is 0. The van der Waals surface area contributed by atoms with Gasteiger partial charge in [-0.3, -0.25) is 10.1 Å². The molecule has 0 aromatic heterocycles. The molecular weight excluding hydrogens is 321 g/mol. The molecule has 19 heavy (non-hydrogen) atoms. The van der Waals surface area contributed by atoms with E-state index in [0.29, 0.717) is 5.75 Å². The Morgan fingerprint density at radius 3 is 2.47 bits per heavy atom. The monoisotopic (exact) mass is 327 g/mol. The van der Waals surface area contributed by atoms with Crippen LogP contribution in [0.5, 0.6) is 17.2 Å². The van der Waals surface area contributed by atoms with Gasteiger partial charge in [-0.1, -0.05) is 0 Å². The summed E-state index contributed by atoms with van der Waals surface area (Å²) >= 11 is 2.94. The molecule has 0 spiro atoms. The SMILES string of the molecule is O=[N+]([O-])c1cc(F)c(Br)cc1Oc1ccc(O)cc1. The van der Waals surface area contributed by atoms with Gasteiger partial charge < -0.3 is 9.84 Å². The van der Waals surface area contributed by atoms with Gasteiger partial charge in [-0.05, 0) is 40.2 Å². The molecule has 0 aliphatic carbocycles. The highest BCUT2D eigenvalue weighted by atomic mass is 79.9. The third-order valence-corrected chi connectivity index (χ3v) is 2.87. The zero-order chi connectivity index (χ0) is 14.0. The van der Waals surface area contributed by atoms with Gasteiger partial charge in [0.1, 0.15) is 17.3 Å². The zero-order valence-electron chi connectivity index (χ0n) is 9.34. The van der Waals surface area contributed by atoms with Crippen molar-refractivity contribution in [1.29, 1.82) is 0 Å². The second-order valence-corrected chi connectivity index (χ2v) is 4.44. The Balaban J connectivity index is 2.41. The van der Waals surface area contributed by atoms with Crippen molar-refractivity contribution in [2.45, 2.75) is 0 Å². The molecule has 2 aromatic carbocycles. The standard InChI is InChI=1S/C12H7BrFNO4/c13-9-5-12(11(15(17)18)6-10(9)14)19-8-3-1-7(16)2-4-8/h1-6,16H. The number of benzene rings is 2. The Hall–Kier alpha value is -2.15. The Labute approximate surface area is 115 Å². The molecule has 2 aromatic rings. The number of aromatic hydroxyl groups is 1. The molecule has 2 rings (SSSR count). The van der Waals surface area contributed by atoms with Crippen LogP contribution in [0.4, 0.5) is 10.1 Å². The molecule has 5 nitrogen and oxygen atoms in total. The molecule has 0 bridgehead atoms. The first-order chi connectivity index (χ1) is 8.97. The Kier molecular flexibility index (Phi) is 3.66. The molecule has 0 aliphatic heterocycles. The quantitative estimate of drug-likeness (QED) is 0.683. The molecule has 0 atom stereocenters. The fourth-order valence-corrected chi connectivity index (χ4v) is 1.71. The van der Waals surface area contributed by atoms with Crippen LogP contribution in [-0.4, -0.2) is 10.0 Å². The van der Waals surface area contributed by atoms with Crippen molar-refractivity contribution in [3.63, 3.8) is 0 Å². The highest BCUT2D eigenvalue weighted by Crippen LogP contribution is 2.35. The molecule has 0 saturated carbocycles. The number of halogens is 2. The maximum absolute atomic E-state index is 13.3. The third-order valence-electron chi connectivity index (χ3n) is 2.26. The lowest BCUT2D eigenvalue weighted by molar-refractivity contribution is -0.385. The molecule has 0 saturated heterocycles. The predicted octanol–water partition coefficient (Wildman–Crippen LogP) is 3.99. The Bertz CT molecular complexity index is 630. The zero-order valence-corrected chi connectivity index (χ0v) is 10.9. The van der Waals surface area contributed by atoms with Gasteiger partial charge in [0.2, 0.25) is 5.75 Å². The lowest BCUT2D eigenvalue weighted by atomic mass is 10.3. The summed E-state index contributed by atoms with van der Waals surface area (Å²) < 4.78 is 18.6. The first-order valence-electron chi connectivity index (χ1n) is 5.07. The van der Waals surface area contributed by atoms with E-state index in [1.165, 1.54) is 30.3 Å². The van der Waals surface area contributed by atoms with Gasteiger partial charge in [0.25, 0.3) is 0 Å². The first kappa shape index (κ1) is 13.3. The number of hydrogen-bond donors (Lipinski definition) is 1. The highest BCUT2D eigenvalue weighted by molar-refractivity contribution is 9.10. The number of phenolic OH excluding ortho intramolecular Hbond substituents is 1. The van der Waals surface area contributed by atoms with Crippen molar-refractivity contribution in [3.8, 4) is 17.2 Å². The van der Waals surface area contributed by atoms with Crippen LogP contribution < -0.4 is 4.74 Å². The first-order valence-corrected chi connectivity index (χ1v) is 5.87.